The molecule has 0 spiro atoms. The van der Waals surface area contributed by atoms with Gasteiger partial charge in [0.15, 0.2) is 0 Å². The van der Waals surface area contributed by atoms with Crippen molar-refractivity contribution in [3.8, 4) is 17.2 Å². The average Bonchev–Trinajstić information content (AvgIpc) is 2.65. The van der Waals surface area contributed by atoms with Crippen LogP contribution in [0.3, 0.4) is 0 Å². The molecule has 0 aromatic heterocycles. The van der Waals surface area contributed by atoms with E-state index in [9.17, 15) is 4.79 Å². The Morgan fingerprint density at radius 3 is 2.31 bits per heavy atom. The van der Waals surface area contributed by atoms with Gasteiger partial charge in [-0.3, -0.25) is 0 Å². The van der Waals surface area contributed by atoms with Gasteiger partial charge in [0, 0.05) is 6.07 Å². The lowest BCUT2D eigenvalue weighted by molar-refractivity contribution is 0.0594. The van der Waals surface area contributed by atoms with Crippen molar-refractivity contribution in [2.75, 3.05) is 20.3 Å². The van der Waals surface area contributed by atoms with Gasteiger partial charge in [0.2, 0.25) is 0 Å². The second-order valence-electron chi connectivity index (χ2n) is 5.82. The molecule has 140 valence electrons. The Balaban J connectivity index is 2.21. The first-order chi connectivity index (χ1) is 12.6. The zero-order chi connectivity index (χ0) is 18.9. The van der Waals surface area contributed by atoms with Crippen LogP contribution in [0.15, 0.2) is 36.4 Å². The van der Waals surface area contributed by atoms with Crippen molar-refractivity contribution in [3.63, 3.8) is 0 Å². The molecule has 0 atom stereocenters. The molecule has 0 radical (unpaired) electrons. The third-order valence-electron chi connectivity index (χ3n) is 3.76. The van der Waals surface area contributed by atoms with Gasteiger partial charge in [0.25, 0.3) is 0 Å². The number of hydrogen-bond donors (Lipinski definition) is 0. The van der Waals surface area contributed by atoms with Crippen molar-refractivity contribution in [1.29, 1.82) is 0 Å². The summed E-state index contributed by atoms with van der Waals surface area (Å²) in [7, 11) is 1.36. The highest BCUT2D eigenvalue weighted by molar-refractivity contribution is 5.94. The zero-order valence-electron chi connectivity index (χ0n) is 15.8. The van der Waals surface area contributed by atoms with Crippen LogP contribution in [0.1, 0.15) is 41.8 Å². The Morgan fingerprint density at radius 2 is 1.69 bits per heavy atom. The van der Waals surface area contributed by atoms with Crippen LogP contribution < -0.4 is 14.2 Å². The first-order valence-electron chi connectivity index (χ1n) is 8.79. The summed E-state index contributed by atoms with van der Waals surface area (Å²) < 4.78 is 22.0. The van der Waals surface area contributed by atoms with Crippen LogP contribution >= 0.6 is 0 Å². The maximum Gasteiger partial charge on any atom is 0.341 e. The molecule has 2 rings (SSSR count). The van der Waals surface area contributed by atoms with E-state index in [2.05, 4.69) is 0 Å². The molecule has 0 aliphatic carbocycles. The monoisotopic (exact) mass is 358 g/mol. The molecule has 0 saturated heterocycles. The Kier molecular flexibility index (Phi) is 7.33. The normalized spacial score (nSPS) is 10.3. The van der Waals surface area contributed by atoms with E-state index in [-0.39, 0.29) is 0 Å². The molecule has 0 fully saturated rings. The predicted molar refractivity (Wildman–Crippen MR) is 100 cm³/mol. The van der Waals surface area contributed by atoms with Gasteiger partial charge in [0.05, 0.1) is 20.3 Å². The highest BCUT2D eigenvalue weighted by Gasteiger charge is 2.18. The van der Waals surface area contributed by atoms with Crippen molar-refractivity contribution >= 4 is 5.97 Å². The fourth-order valence-electron chi connectivity index (χ4n) is 2.51. The minimum absolute atomic E-state index is 0.326. The number of aryl methyl sites for hydroxylation is 1. The lowest BCUT2D eigenvalue weighted by Crippen LogP contribution is -2.09. The van der Waals surface area contributed by atoms with Crippen LogP contribution in [-0.4, -0.2) is 26.3 Å². The molecule has 0 amide bonds. The number of benzene rings is 2. The lowest BCUT2D eigenvalue weighted by atomic mass is 10.1. The zero-order valence-corrected chi connectivity index (χ0v) is 15.8. The fraction of sp³-hybridized carbons (Fsp3) is 0.381. The molecule has 2 aromatic rings. The molecule has 0 saturated carbocycles. The third-order valence-corrected chi connectivity index (χ3v) is 3.76. The number of ether oxygens (including phenoxy) is 4. The number of rotatable bonds is 9. The lowest BCUT2D eigenvalue weighted by Gasteiger charge is -2.15. The van der Waals surface area contributed by atoms with Crippen LogP contribution in [-0.2, 0) is 11.3 Å². The van der Waals surface area contributed by atoms with Gasteiger partial charge in [-0.25, -0.2) is 4.79 Å². The smallest absolute Gasteiger partial charge is 0.341 e. The standard InChI is InChI=1S/C21H26O5/c1-5-11-25-18-12-15(3)20(21(22)23-4)19(13-18)26-14-16-7-9-17(10-8-16)24-6-2/h7-10,12-13H,5-6,11,14H2,1-4H3. The summed E-state index contributed by atoms with van der Waals surface area (Å²) in [4.78, 5) is 12.1. The summed E-state index contributed by atoms with van der Waals surface area (Å²) >= 11 is 0. The maximum atomic E-state index is 12.1. The van der Waals surface area contributed by atoms with Gasteiger partial charge >= 0.3 is 5.97 Å². The number of carbonyl (C=O) groups excluding carboxylic acids is 1. The van der Waals surface area contributed by atoms with Crippen LogP contribution in [0.25, 0.3) is 0 Å². The Morgan fingerprint density at radius 1 is 0.962 bits per heavy atom. The van der Waals surface area contributed by atoms with Crippen molar-refractivity contribution < 1.29 is 23.7 Å². The molecule has 0 bridgehead atoms. The predicted octanol–water partition coefficient (Wildman–Crippen LogP) is 4.55. The van der Waals surface area contributed by atoms with Gasteiger partial charge in [0.1, 0.15) is 29.4 Å². The summed E-state index contributed by atoms with van der Waals surface area (Å²) in [6.07, 6.45) is 0.903. The van der Waals surface area contributed by atoms with Gasteiger partial charge in [-0.05, 0) is 49.6 Å². The van der Waals surface area contributed by atoms with Crippen LogP contribution in [0.2, 0.25) is 0 Å². The molecule has 0 heterocycles. The minimum atomic E-state index is -0.425. The van der Waals surface area contributed by atoms with E-state index < -0.39 is 5.97 Å². The second kappa shape index (κ2) is 9.70. The summed E-state index contributed by atoms with van der Waals surface area (Å²) in [6.45, 7) is 7.39. The molecule has 2 aromatic carbocycles. The molecular weight excluding hydrogens is 332 g/mol. The van der Waals surface area contributed by atoms with Crippen molar-refractivity contribution in [3.05, 3.63) is 53.1 Å². The first kappa shape index (κ1) is 19.6. The van der Waals surface area contributed by atoms with Crippen molar-refractivity contribution in [2.24, 2.45) is 0 Å². The summed E-state index contributed by atoms with van der Waals surface area (Å²) in [5.41, 5.74) is 2.15. The molecule has 0 unspecified atom stereocenters. The van der Waals surface area contributed by atoms with Crippen LogP contribution in [0, 0.1) is 6.92 Å². The van der Waals surface area contributed by atoms with Crippen molar-refractivity contribution in [2.45, 2.75) is 33.8 Å². The van der Waals surface area contributed by atoms with E-state index in [1.54, 1.807) is 6.07 Å². The Labute approximate surface area is 154 Å². The molecule has 0 aliphatic rings. The maximum absolute atomic E-state index is 12.1. The fourth-order valence-corrected chi connectivity index (χ4v) is 2.51. The van der Waals surface area contributed by atoms with Crippen molar-refractivity contribution in [1.82, 2.24) is 0 Å². The number of carbonyl (C=O) groups is 1. The SMILES string of the molecule is CCCOc1cc(C)c(C(=O)OC)c(OCc2ccc(OCC)cc2)c1. The Bertz CT molecular complexity index is 722. The minimum Gasteiger partial charge on any atom is -0.494 e. The van der Waals surface area contributed by atoms with E-state index >= 15 is 0 Å². The number of hydrogen-bond acceptors (Lipinski definition) is 5. The van der Waals surface area contributed by atoms with E-state index in [0.717, 1.165) is 23.3 Å². The first-order valence-corrected chi connectivity index (χ1v) is 8.79. The quantitative estimate of drug-likeness (QED) is 0.616. The summed E-state index contributed by atoms with van der Waals surface area (Å²) in [5, 5.41) is 0. The average molecular weight is 358 g/mol. The number of esters is 1. The highest BCUT2D eigenvalue weighted by atomic mass is 16.5. The van der Waals surface area contributed by atoms with Gasteiger partial charge in [-0.1, -0.05) is 19.1 Å². The highest BCUT2D eigenvalue weighted by Crippen LogP contribution is 2.30. The topological polar surface area (TPSA) is 54.0 Å². The molecule has 26 heavy (non-hydrogen) atoms. The van der Waals surface area contributed by atoms with Gasteiger partial charge < -0.3 is 18.9 Å². The molecule has 5 heteroatoms. The molecule has 0 aliphatic heterocycles. The molecule has 0 N–H and O–H groups in total. The van der Waals surface area contributed by atoms with Gasteiger partial charge in [-0.2, -0.15) is 0 Å². The molecular formula is C21H26O5. The van der Waals surface area contributed by atoms with E-state index in [1.807, 2.05) is 51.1 Å². The number of methoxy groups -OCH3 is 1. The molecule has 5 nitrogen and oxygen atoms in total. The van der Waals surface area contributed by atoms with E-state index in [1.165, 1.54) is 7.11 Å². The second-order valence-corrected chi connectivity index (χ2v) is 5.82. The third kappa shape index (κ3) is 5.15. The van der Waals surface area contributed by atoms with Gasteiger partial charge in [-0.15, -0.1) is 0 Å². The summed E-state index contributed by atoms with van der Waals surface area (Å²) in [6, 6.07) is 11.2. The van der Waals surface area contributed by atoms with E-state index in [0.29, 0.717) is 36.9 Å². The summed E-state index contributed by atoms with van der Waals surface area (Å²) in [5.74, 6) is 1.53. The van der Waals surface area contributed by atoms with E-state index in [4.69, 9.17) is 18.9 Å². The van der Waals surface area contributed by atoms with Crippen LogP contribution in [0.5, 0.6) is 17.2 Å². The van der Waals surface area contributed by atoms with Crippen LogP contribution in [0.4, 0.5) is 0 Å². The Hall–Kier alpha value is -2.69. The largest absolute Gasteiger partial charge is 0.494 e.